The molecule has 0 aromatic heterocycles. The van der Waals surface area contributed by atoms with E-state index in [1.165, 1.54) is 18.6 Å². The molecule has 1 aliphatic heterocycles. The zero-order valence-electron chi connectivity index (χ0n) is 12.6. The maximum atomic E-state index is 12.9. The number of halogens is 1. The minimum absolute atomic E-state index is 0.0363. The van der Waals surface area contributed by atoms with Crippen LogP contribution in [0.25, 0.3) is 0 Å². The molecule has 20 heavy (non-hydrogen) atoms. The molecule has 112 valence electrons. The van der Waals surface area contributed by atoms with E-state index in [2.05, 4.69) is 23.6 Å². The highest BCUT2D eigenvalue weighted by Crippen LogP contribution is 2.15. The third kappa shape index (κ3) is 4.01. The fraction of sp³-hybridized carbons (Fsp3) is 0.625. The van der Waals surface area contributed by atoms with Crippen molar-refractivity contribution in [1.82, 2.24) is 9.80 Å². The Kier molecular flexibility index (Phi) is 5.52. The van der Waals surface area contributed by atoms with Crippen LogP contribution in [0.3, 0.4) is 0 Å². The number of hydrogen-bond acceptors (Lipinski definition) is 3. The van der Waals surface area contributed by atoms with Crippen molar-refractivity contribution in [2.45, 2.75) is 32.4 Å². The molecule has 0 amide bonds. The van der Waals surface area contributed by atoms with Gasteiger partial charge in [-0.1, -0.05) is 19.1 Å². The molecule has 1 heterocycles. The van der Waals surface area contributed by atoms with Gasteiger partial charge >= 0.3 is 0 Å². The van der Waals surface area contributed by atoms with E-state index in [-0.39, 0.29) is 11.9 Å². The molecule has 2 N–H and O–H groups in total. The molecule has 3 nitrogen and oxygen atoms in total. The number of rotatable bonds is 5. The van der Waals surface area contributed by atoms with Crippen LogP contribution in [0.15, 0.2) is 24.3 Å². The van der Waals surface area contributed by atoms with Crippen LogP contribution in [0.5, 0.6) is 0 Å². The number of nitrogens with zero attached hydrogens (tertiary/aromatic N) is 2. The minimum Gasteiger partial charge on any atom is -0.323 e. The van der Waals surface area contributed by atoms with Crippen molar-refractivity contribution in [1.29, 1.82) is 0 Å². The summed E-state index contributed by atoms with van der Waals surface area (Å²) in [5, 5.41) is 0. The zero-order valence-corrected chi connectivity index (χ0v) is 12.6. The zero-order chi connectivity index (χ0) is 14.5. The number of nitrogens with two attached hydrogens (primary N) is 1. The van der Waals surface area contributed by atoms with Crippen LogP contribution in [0.1, 0.15) is 31.9 Å². The predicted octanol–water partition coefficient (Wildman–Crippen LogP) is 2.24. The molecule has 0 bridgehead atoms. The Labute approximate surface area is 121 Å². The molecule has 0 aliphatic carbocycles. The van der Waals surface area contributed by atoms with E-state index in [4.69, 9.17) is 5.73 Å². The van der Waals surface area contributed by atoms with Gasteiger partial charge in [0.2, 0.25) is 0 Å². The lowest BCUT2D eigenvalue weighted by Gasteiger charge is -2.38. The van der Waals surface area contributed by atoms with Crippen LogP contribution in [0, 0.1) is 5.82 Å². The molecule has 1 saturated heterocycles. The van der Waals surface area contributed by atoms with Crippen molar-refractivity contribution in [2.24, 2.45) is 5.73 Å². The third-order valence-electron chi connectivity index (χ3n) is 4.37. The monoisotopic (exact) mass is 279 g/mol. The Morgan fingerprint density at radius 1 is 1.15 bits per heavy atom. The number of benzene rings is 1. The molecule has 1 aromatic rings. The lowest BCUT2D eigenvalue weighted by atomic mass is 10.1. The van der Waals surface area contributed by atoms with Crippen LogP contribution in [-0.2, 0) is 0 Å². The number of piperazine rings is 1. The van der Waals surface area contributed by atoms with E-state index < -0.39 is 0 Å². The first-order chi connectivity index (χ1) is 9.60. The molecular formula is C16H26FN3. The Balaban J connectivity index is 1.81. The second-order valence-corrected chi connectivity index (χ2v) is 5.75. The second-order valence-electron chi connectivity index (χ2n) is 5.75. The molecule has 1 aromatic carbocycles. The standard InChI is InChI=1S/C16H26FN3/c1-3-13(2)20-10-8-19(9-11-20)12-16(18)14-4-6-15(17)7-5-14/h4-7,13,16H,3,8-12,18H2,1-2H3. The Hall–Kier alpha value is -0.970. The summed E-state index contributed by atoms with van der Waals surface area (Å²) in [4.78, 5) is 4.95. The highest BCUT2D eigenvalue weighted by atomic mass is 19.1. The molecule has 2 rings (SSSR count). The van der Waals surface area contributed by atoms with Gasteiger partial charge in [-0.25, -0.2) is 4.39 Å². The van der Waals surface area contributed by atoms with E-state index in [0.29, 0.717) is 6.04 Å². The first kappa shape index (κ1) is 15.4. The summed E-state index contributed by atoms with van der Waals surface area (Å²) in [5.41, 5.74) is 7.23. The summed E-state index contributed by atoms with van der Waals surface area (Å²) in [6.45, 7) is 9.75. The summed E-state index contributed by atoms with van der Waals surface area (Å²) in [6.07, 6.45) is 1.20. The first-order valence-corrected chi connectivity index (χ1v) is 7.57. The van der Waals surface area contributed by atoms with Gasteiger partial charge in [-0.3, -0.25) is 9.80 Å². The van der Waals surface area contributed by atoms with Crippen LogP contribution in [-0.4, -0.2) is 48.6 Å². The molecule has 2 unspecified atom stereocenters. The van der Waals surface area contributed by atoms with Crippen LogP contribution < -0.4 is 5.73 Å². The molecule has 0 radical (unpaired) electrons. The van der Waals surface area contributed by atoms with Gasteiger partial charge in [-0.15, -0.1) is 0 Å². The maximum Gasteiger partial charge on any atom is 0.123 e. The van der Waals surface area contributed by atoms with Crippen molar-refractivity contribution < 1.29 is 4.39 Å². The van der Waals surface area contributed by atoms with Gasteiger partial charge in [0.05, 0.1) is 0 Å². The fourth-order valence-corrected chi connectivity index (χ4v) is 2.74. The summed E-state index contributed by atoms with van der Waals surface area (Å²) >= 11 is 0. The molecule has 2 atom stereocenters. The lowest BCUT2D eigenvalue weighted by molar-refractivity contribution is 0.0968. The number of hydrogen-bond donors (Lipinski definition) is 1. The quantitative estimate of drug-likeness (QED) is 0.897. The van der Waals surface area contributed by atoms with Crippen molar-refractivity contribution in [2.75, 3.05) is 32.7 Å². The van der Waals surface area contributed by atoms with Crippen molar-refractivity contribution in [3.05, 3.63) is 35.6 Å². The van der Waals surface area contributed by atoms with E-state index in [9.17, 15) is 4.39 Å². The fourth-order valence-electron chi connectivity index (χ4n) is 2.74. The Morgan fingerprint density at radius 3 is 2.30 bits per heavy atom. The maximum absolute atomic E-state index is 12.9. The Bertz CT molecular complexity index is 399. The van der Waals surface area contributed by atoms with Crippen molar-refractivity contribution >= 4 is 0 Å². The van der Waals surface area contributed by atoms with Gasteiger partial charge in [0.15, 0.2) is 0 Å². The molecular weight excluding hydrogens is 253 g/mol. The average Bonchev–Trinajstić information content (AvgIpc) is 2.48. The van der Waals surface area contributed by atoms with Gasteiger partial charge in [-0.05, 0) is 31.0 Å². The molecule has 1 aliphatic rings. The topological polar surface area (TPSA) is 32.5 Å². The smallest absolute Gasteiger partial charge is 0.123 e. The first-order valence-electron chi connectivity index (χ1n) is 7.57. The summed E-state index contributed by atoms with van der Waals surface area (Å²) < 4.78 is 12.9. The van der Waals surface area contributed by atoms with Gasteiger partial charge in [0, 0.05) is 44.8 Å². The molecule has 0 spiro atoms. The largest absolute Gasteiger partial charge is 0.323 e. The van der Waals surface area contributed by atoms with Gasteiger partial charge in [0.1, 0.15) is 5.82 Å². The SMILES string of the molecule is CCC(C)N1CCN(CC(N)c2ccc(F)cc2)CC1. The van der Waals surface area contributed by atoms with Gasteiger partial charge < -0.3 is 5.73 Å². The van der Waals surface area contributed by atoms with E-state index in [1.807, 2.05) is 0 Å². The van der Waals surface area contributed by atoms with Crippen LogP contribution >= 0.6 is 0 Å². The highest BCUT2D eigenvalue weighted by molar-refractivity contribution is 5.19. The summed E-state index contributed by atoms with van der Waals surface area (Å²) in [7, 11) is 0. The van der Waals surface area contributed by atoms with Crippen molar-refractivity contribution in [3.63, 3.8) is 0 Å². The third-order valence-corrected chi connectivity index (χ3v) is 4.37. The summed E-state index contributed by atoms with van der Waals surface area (Å²) in [5.74, 6) is -0.205. The van der Waals surface area contributed by atoms with E-state index in [1.54, 1.807) is 12.1 Å². The highest BCUT2D eigenvalue weighted by Gasteiger charge is 2.21. The van der Waals surface area contributed by atoms with Crippen LogP contribution in [0.4, 0.5) is 4.39 Å². The minimum atomic E-state index is -0.205. The van der Waals surface area contributed by atoms with E-state index in [0.717, 1.165) is 38.3 Å². The normalized spacial score (nSPS) is 20.8. The Morgan fingerprint density at radius 2 is 1.75 bits per heavy atom. The van der Waals surface area contributed by atoms with Gasteiger partial charge in [0.25, 0.3) is 0 Å². The van der Waals surface area contributed by atoms with E-state index >= 15 is 0 Å². The average molecular weight is 279 g/mol. The molecule has 1 fully saturated rings. The molecule has 4 heteroatoms. The van der Waals surface area contributed by atoms with Crippen molar-refractivity contribution in [3.8, 4) is 0 Å². The predicted molar refractivity (Wildman–Crippen MR) is 81.1 cm³/mol. The van der Waals surface area contributed by atoms with Crippen LogP contribution in [0.2, 0.25) is 0 Å². The lowest BCUT2D eigenvalue weighted by Crippen LogP contribution is -2.50. The second kappa shape index (κ2) is 7.16. The van der Waals surface area contributed by atoms with Gasteiger partial charge in [-0.2, -0.15) is 0 Å². The summed E-state index contributed by atoms with van der Waals surface area (Å²) in [6, 6.07) is 7.17. The molecule has 0 saturated carbocycles.